The van der Waals surface area contributed by atoms with Gasteiger partial charge < -0.3 is 20.1 Å². The molecule has 6 atom stereocenters. The molecule has 0 amide bonds. The van der Waals surface area contributed by atoms with Gasteiger partial charge in [0.25, 0.3) is 0 Å². The van der Waals surface area contributed by atoms with Gasteiger partial charge in [0, 0.05) is 31.6 Å². The Balaban J connectivity index is 2.05. The number of alkyl halides is 2. The lowest BCUT2D eigenvalue weighted by atomic mass is 9.87. The number of aliphatic carboxylic acids is 1. The van der Waals surface area contributed by atoms with E-state index < -0.39 is 47.8 Å². The van der Waals surface area contributed by atoms with Crippen molar-refractivity contribution in [2.45, 2.75) is 76.6 Å². The molecule has 0 aromatic carbocycles. The first-order chi connectivity index (χ1) is 13.7. The number of allylic oxidation sites excluding steroid dienone is 2. The molecule has 0 spiro atoms. The fourth-order valence-electron chi connectivity index (χ4n) is 3.86. The summed E-state index contributed by atoms with van der Waals surface area (Å²) < 4.78 is 35.3. The molecule has 2 fully saturated rings. The topological polar surface area (TPSA) is 87.0 Å². The first-order valence-electron chi connectivity index (χ1n) is 10.2. The summed E-state index contributed by atoms with van der Waals surface area (Å²) in [6.45, 7) is 3.77. The third-order valence-corrected chi connectivity index (χ3v) is 5.52. The number of carbonyl (C=O) groups is 1. The molecule has 29 heavy (non-hydrogen) atoms. The lowest BCUT2D eigenvalue weighted by molar-refractivity contribution is -0.137. The Bertz CT molecular complexity index is 691. The first kappa shape index (κ1) is 23.4. The summed E-state index contributed by atoms with van der Waals surface area (Å²) in [6, 6.07) is 0. The molecule has 2 aliphatic rings. The monoisotopic (exact) mass is 412 g/mol. The van der Waals surface area contributed by atoms with E-state index in [0.717, 1.165) is 6.42 Å². The number of halogens is 2. The highest BCUT2D eigenvalue weighted by molar-refractivity contribution is 5.66. The highest BCUT2D eigenvalue weighted by atomic mass is 19.3. The number of carboxylic acid groups (broad SMARTS) is 1. The number of hydrogen-bond acceptors (Lipinski definition) is 4. The van der Waals surface area contributed by atoms with E-state index in [1.54, 1.807) is 0 Å². The van der Waals surface area contributed by atoms with Gasteiger partial charge in [0.2, 0.25) is 0 Å². The van der Waals surface area contributed by atoms with Gasteiger partial charge in [-0.15, -0.1) is 11.8 Å². The van der Waals surface area contributed by atoms with Crippen LogP contribution in [-0.2, 0) is 9.53 Å². The molecule has 162 valence electrons. The number of hydrogen-bond donors (Lipinski definition) is 3. The molecule has 1 saturated carbocycles. The van der Waals surface area contributed by atoms with E-state index in [-0.39, 0.29) is 31.6 Å². The maximum atomic E-state index is 14.9. The first-order valence-corrected chi connectivity index (χ1v) is 10.2. The van der Waals surface area contributed by atoms with Crippen molar-refractivity contribution in [1.82, 2.24) is 0 Å². The standard InChI is InChI=1S/C22H30F2O5/c1-3-4-5-8-14(2)16(25)12-11-15-17(26)13-18-21(15)22(23,24)19(29-18)9-6-7-10-20(27)28/h9,11-12,14-18,21,25-26H,3,6-8,10,13H2,1-2H3,(H,27,28)/b12-11+,19-9-/t14-,15+,16-,17-,18+,21-/m1/s1. The minimum absolute atomic E-state index is 0.0923. The molecule has 1 aliphatic carbocycles. The van der Waals surface area contributed by atoms with Gasteiger partial charge in [-0.25, -0.2) is 0 Å². The van der Waals surface area contributed by atoms with Crippen LogP contribution < -0.4 is 0 Å². The molecule has 0 bridgehead atoms. The van der Waals surface area contributed by atoms with Gasteiger partial charge in [-0.1, -0.05) is 26.0 Å². The zero-order valence-corrected chi connectivity index (χ0v) is 16.9. The van der Waals surface area contributed by atoms with Gasteiger partial charge in [-0.2, -0.15) is 8.78 Å². The molecule has 1 heterocycles. The molecule has 0 aromatic heterocycles. The Labute approximate surface area is 170 Å². The Morgan fingerprint density at radius 1 is 1.41 bits per heavy atom. The Morgan fingerprint density at radius 2 is 2.14 bits per heavy atom. The molecule has 3 N–H and O–H groups in total. The minimum atomic E-state index is -3.25. The molecular weight excluding hydrogens is 382 g/mol. The molecular formula is C22H30F2O5. The van der Waals surface area contributed by atoms with Crippen LogP contribution in [0.5, 0.6) is 0 Å². The molecule has 0 aromatic rings. The smallest absolute Gasteiger partial charge is 0.310 e. The zero-order chi connectivity index (χ0) is 21.6. The summed E-state index contributed by atoms with van der Waals surface area (Å²) >= 11 is 0. The second-order valence-electron chi connectivity index (χ2n) is 7.80. The van der Waals surface area contributed by atoms with Crippen molar-refractivity contribution in [3.05, 3.63) is 24.0 Å². The van der Waals surface area contributed by atoms with E-state index in [1.165, 1.54) is 18.2 Å². The summed E-state index contributed by atoms with van der Waals surface area (Å²) in [5.41, 5.74) is 0. The molecule has 0 unspecified atom stereocenters. The minimum Gasteiger partial charge on any atom is -0.488 e. The third-order valence-electron chi connectivity index (χ3n) is 5.52. The fourth-order valence-corrected chi connectivity index (χ4v) is 3.86. The van der Waals surface area contributed by atoms with Crippen molar-refractivity contribution >= 4 is 5.97 Å². The van der Waals surface area contributed by atoms with Crippen molar-refractivity contribution in [3.8, 4) is 11.8 Å². The molecule has 1 saturated heterocycles. The van der Waals surface area contributed by atoms with Crippen LogP contribution in [0.4, 0.5) is 8.78 Å². The SMILES string of the molecule is CCC#CC[C@@H](C)[C@H](O)/C=C/[C@@H]1[C@@H]2[C@H](C[C@H]1O)O/C(=C\CCCC(=O)O)C2(F)F. The van der Waals surface area contributed by atoms with E-state index in [2.05, 4.69) is 11.8 Å². The number of aliphatic hydroxyl groups excluding tert-OH is 2. The number of rotatable bonds is 8. The van der Waals surface area contributed by atoms with Crippen molar-refractivity contribution < 1.29 is 33.6 Å². The number of unbranched alkanes of at least 4 members (excludes halogenated alkanes) is 1. The van der Waals surface area contributed by atoms with Gasteiger partial charge in [-0.3, -0.25) is 4.79 Å². The van der Waals surface area contributed by atoms with Gasteiger partial charge in [0.05, 0.1) is 18.1 Å². The highest BCUT2D eigenvalue weighted by Gasteiger charge is 2.63. The highest BCUT2D eigenvalue weighted by Crippen LogP contribution is 2.54. The summed E-state index contributed by atoms with van der Waals surface area (Å²) in [4.78, 5) is 10.5. The molecule has 7 heteroatoms. The van der Waals surface area contributed by atoms with Gasteiger partial charge in [0.1, 0.15) is 6.10 Å². The maximum absolute atomic E-state index is 14.9. The second-order valence-corrected chi connectivity index (χ2v) is 7.80. The van der Waals surface area contributed by atoms with E-state index in [4.69, 9.17) is 9.84 Å². The van der Waals surface area contributed by atoms with Crippen molar-refractivity contribution in [3.63, 3.8) is 0 Å². The van der Waals surface area contributed by atoms with E-state index in [9.17, 15) is 23.8 Å². The Hall–Kier alpha value is -1.91. The van der Waals surface area contributed by atoms with Gasteiger partial charge in [0.15, 0.2) is 5.76 Å². The van der Waals surface area contributed by atoms with Crippen LogP contribution >= 0.6 is 0 Å². The average Bonchev–Trinajstić information content (AvgIpc) is 3.09. The summed E-state index contributed by atoms with van der Waals surface area (Å²) in [5, 5.41) is 29.2. The number of carboxylic acids is 1. The average molecular weight is 412 g/mol. The number of ether oxygens (including phenoxy) is 1. The summed E-state index contributed by atoms with van der Waals surface area (Å²) in [7, 11) is 0. The van der Waals surface area contributed by atoms with E-state index >= 15 is 0 Å². The lowest BCUT2D eigenvalue weighted by Gasteiger charge is -2.23. The van der Waals surface area contributed by atoms with Crippen LogP contribution in [0.1, 0.15) is 52.4 Å². The predicted octanol–water partition coefficient (Wildman–Crippen LogP) is 3.51. The van der Waals surface area contributed by atoms with Gasteiger partial charge >= 0.3 is 11.9 Å². The molecule has 2 rings (SSSR count). The number of fused-ring (bicyclic) bond motifs is 1. The predicted molar refractivity (Wildman–Crippen MR) is 104 cm³/mol. The quantitative estimate of drug-likeness (QED) is 0.323. The van der Waals surface area contributed by atoms with Crippen LogP contribution in [0.3, 0.4) is 0 Å². The lowest BCUT2D eigenvalue weighted by Crippen LogP contribution is -2.33. The van der Waals surface area contributed by atoms with Crippen LogP contribution in [-0.4, -0.2) is 45.5 Å². The normalized spacial score (nSPS) is 31.2. The van der Waals surface area contributed by atoms with Crippen molar-refractivity contribution in [1.29, 1.82) is 0 Å². The molecule has 0 radical (unpaired) electrons. The van der Waals surface area contributed by atoms with E-state index in [0.29, 0.717) is 6.42 Å². The van der Waals surface area contributed by atoms with Crippen LogP contribution in [0.25, 0.3) is 0 Å². The van der Waals surface area contributed by atoms with Crippen molar-refractivity contribution in [2.24, 2.45) is 17.8 Å². The summed E-state index contributed by atoms with van der Waals surface area (Å²) in [6.07, 6.45) is 3.28. The summed E-state index contributed by atoms with van der Waals surface area (Å²) in [5.74, 6) is -0.947. The Kier molecular flexibility index (Phi) is 8.23. The van der Waals surface area contributed by atoms with Crippen LogP contribution in [0.2, 0.25) is 0 Å². The van der Waals surface area contributed by atoms with Gasteiger partial charge in [-0.05, 0) is 24.8 Å². The van der Waals surface area contributed by atoms with Crippen molar-refractivity contribution in [2.75, 3.05) is 0 Å². The Morgan fingerprint density at radius 3 is 2.79 bits per heavy atom. The third kappa shape index (κ3) is 5.80. The maximum Gasteiger partial charge on any atom is 0.310 e. The number of aliphatic hydroxyl groups is 2. The largest absolute Gasteiger partial charge is 0.488 e. The fraction of sp³-hybridized carbons (Fsp3) is 0.682. The molecule has 1 aliphatic heterocycles. The zero-order valence-electron chi connectivity index (χ0n) is 16.9. The van der Waals surface area contributed by atoms with E-state index in [1.807, 2.05) is 13.8 Å². The molecule has 5 nitrogen and oxygen atoms in total. The van der Waals surface area contributed by atoms with Crippen LogP contribution in [0, 0.1) is 29.6 Å². The second kappa shape index (κ2) is 10.2. The van der Waals surface area contributed by atoms with Crippen LogP contribution in [0.15, 0.2) is 24.0 Å².